The lowest BCUT2D eigenvalue weighted by Crippen LogP contribution is -2.86. The summed E-state index contributed by atoms with van der Waals surface area (Å²) in [5, 5.41) is 10.3. The fourth-order valence-electron chi connectivity index (χ4n) is 3.53. The summed E-state index contributed by atoms with van der Waals surface area (Å²) in [7, 11) is 0. The van der Waals surface area contributed by atoms with Crippen LogP contribution in [0.15, 0.2) is 48.5 Å². The van der Waals surface area contributed by atoms with E-state index in [1.807, 2.05) is 0 Å². The van der Waals surface area contributed by atoms with Crippen molar-refractivity contribution in [2.24, 2.45) is 0 Å². The molecular weight excluding hydrogens is 296 g/mol. The zero-order valence-corrected chi connectivity index (χ0v) is 14.4. The van der Waals surface area contributed by atoms with Gasteiger partial charge in [-0.2, -0.15) is 0 Å². The monoisotopic (exact) mass is 326 g/mol. The molecule has 0 aliphatic heterocycles. The van der Waals surface area contributed by atoms with Crippen molar-refractivity contribution in [1.29, 1.82) is 0 Å². The number of fused-ring (bicyclic) bond motifs is 2. The molecule has 0 amide bonds. The van der Waals surface area contributed by atoms with Crippen molar-refractivity contribution >= 4 is 21.5 Å². The Morgan fingerprint density at radius 3 is 1.21 bits per heavy atom. The summed E-state index contributed by atoms with van der Waals surface area (Å²) in [5.41, 5.74) is 10.8. The Balaban J connectivity index is 2.17. The predicted molar refractivity (Wildman–Crippen MR) is 98.0 cm³/mol. The summed E-state index contributed by atoms with van der Waals surface area (Å²) in [6.45, 7) is 6.10. The van der Waals surface area contributed by atoms with Crippen molar-refractivity contribution in [1.82, 2.24) is 0 Å². The minimum Gasteiger partial charge on any atom is -0.353 e. The summed E-state index contributed by atoms with van der Waals surface area (Å²) >= 11 is 0. The molecule has 0 aliphatic carbocycles. The van der Waals surface area contributed by atoms with Crippen LogP contribution in [0.3, 0.4) is 0 Å². The first kappa shape index (κ1) is 16.9. The Hall–Kier alpha value is -1.98. The number of hydrogen-bond acceptors (Lipinski definition) is 0. The number of nitrogens with two attached hydrogens (primary N) is 2. The highest BCUT2D eigenvalue weighted by Gasteiger charge is 2.15. The molecule has 0 bridgehead atoms. The van der Waals surface area contributed by atoms with Crippen molar-refractivity contribution in [3.8, 4) is 0 Å². The van der Waals surface area contributed by atoms with Crippen molar-refractivity contribution in [3.63, 3.8) is 0 Å². The molecule has 10 N–H and O–H groups in total. The summed E-state index contributed by atoms with van der Waals surface area (Å²) in [6.07, 6.45) is 0. The van der Waals surface area contributed by atoms with E-state index in [9.17, 15) is 0 Å². The van der Waals surface area contributed by atoms with Crippen LogP contribution < -0.4 is 22.1 Å². The van der Waals surface area contributed by atoms with E-state index < -0.39 is 0 Å². The van der Waals surface area contributed by atoms with Crippen molar-refractivity contribution < 1.29 is 22.1 Å². The summed E-state index contributed by atoms with van der Waals surface area (Å²) in [6, 6.07) is 17.7. The van der Waals surface area contributed by atoms with Gasteiger partial charge in [0.15, 0.2) is 0 Å². The van der Waals surface area contributed by atoms with Gasteiger partial charge in [-0.05, 0) is 21.5 Å². The Bertz CT molecular complexity index is 688. The second-order valence-electron chi connectivity index (χ2n) is 6.32. The summed E-state index contributed by atoms with van der Waals surface area (Å²) in [4.78, 5) is 0. The first-order valence-electron chi connectivity index (χ1n) is 8.99. The maximum absolute atomic E-state index is 3.96. The zero-order valence-electron chi connectivity index (χ0n) is 14.4. The number of benzene rings is 3. The van der Waals surface area contributed by atoms with Crippen LogP contribution in [0.5, 0.6) is 0 Å². The molecule has 0 saturated heterocycles. The molecule has 0 unspecified atom stereocenters. The normalized spacial score (nSPS) is 11.4. The van der Waals surface area contributed by atoms with Crippen LogP contribution in [0.4, 0.5) is 0 Å². The van der Waals surface area contributed by atoms with Gasteiger partial charge in [0.1, 0.15) is 39.3 Å². The van der Waals surface area contributed by atoms with Crippen LogP contribution in [0.1, 0.15) is 11.1 Å². The van der Waals surface area contributed by atoms with Gasteiger partial charge >= 0.3 is 0 Å². The Morgan fingerprint density at radius 1 is 0.583 bits per heavy atom. The average Bonchev–Trinajstić information content (AvgIpc) is 2.63. The molecule has 24 heavy (non-hydrogen) atoms. The minimum absolute atomic E-state index is 0.966. The van der Waals surface area contributed by atoms with Gasteiger partial charge in [0, 0.05) is 11.1 Å². The molecule has 3 rings (SSSR count). The molecule has 0 radical (unpaired) electrons. The van der Waals surface area contributed by atoms with Crippen LogP contribution in [0.25, 0.3) is 21.5 Å². The number of quaternary nitrogens is 4. The third-order valence-electron chi connectivity index (χ3n) is 4.67. The zero-order chi connectivity index (χ0) is 16.8. The van der Waals surface area contributed by atoms with Crippen LogP contribution >= 0.6 is 0 Å². The van der Waals surface area contributed by atoms with Crippen LogP contribution in [0.2, 0.25) is 0 Å². The van der Waals surface area contributed by atoms with Crippen LogP contribution in [-0.2, 0) is 13.1 Å². The topological polar surface area (TPSA) is 88.5 Å². The van der Waals surface area contributed by atoms with Gasteiger partial charge in [-0.15, -0.1) is 0 Å². The minimum atomic E-state index is 0.966. The van der Waals surface area contributed by atoms with E-state index in [0.29, 0.717) is 0 Å². The standard InChI is InChI=1S/C20H26N4/c21-9-11-23-13-19-15-5-1-2-6-16(15)20(14-24-12-10-22)18-8-4-3-7-17(18)19/h1-8,23-24H,9-14,21-22H2/p+4. The lowest BCUT2D eigenvalue weighted by atomic mass is 9.91. The molecule has 126 valence electrons. The van der Waals surface area contributed by atoms with Gasteiger partial charge in [0.25, 0.3) is 0 Å². The Labute approximate surface area is 143 Å². The highest BCUT2D eigenvalue weighted by molar-refractivity contribution is 6.05. The third-order valence-corrected chi connectivity index (χ3v) is 4.67. The molecule has 4 heteroatoms. The van der Waals surface area contributed by atoms with E-state index in [2.05, 4.69) is 70.6 Å². The van der Waals surface area contributed by atoms with Gasteiger partial charge in [0.2, 0.25) is 0 Å². The average molecular weight is 326 g/mol. The maximum atomic E-state index is 3.96. The smallest absolute Gasteiger partial charge is 0.125 e. The molecule has 0 spiro atoms. The highest BCUT2D eigenvalue weighted by atomic mass is 14.9. The molecule has 3 aromatic rings. The second-order valence-corrected chi connectivity index (χ2v) is 6.32. The first-order chi connectivity index (χ1) is 11.9. The maximum Gasteiger partial charge on any atom is 0.125 e. The molecule has 0 aromatic heterocycles. The fraction of sp³-hybridized carbons (Fsp3) is 0.300. The summed E-state index contributed by atoms with van der Waals surface area (Å²) < 4.78 is 0. The van der Waals surface area contributed by atoms with E-state index in [1.54, 1.807) is 0 Å². The SMILES string of the molecule is [NH3+]CC[NH2+]Cc1c2ccccc2c(C[NH2+]CC[NH3+])c2ccccc12. The Morgan fingerprint density at radius 2 is 0.917 bits per heavy atom. The van der Waals surface area contributed by atoms with Crippen LogP contribution in [-0.4, -0.2) is 26.2 Å². The largest absolute Gasteiger partial charge is 0.353 e. The van der Waals surface area contributed by atoms with Gasteiger partial charge in [-0.1, -0.05) is 48.5 Å². The van der Waals surface area contributed by atoms with Gasteiger partial charge in [-0.25, -0.2) is 0 Å². The number of hydrogen-bond donors (Lipinski definition) is 4. The molecule has 0 saturated carbocycles. The lowest BCUT2D eigenvalue weighted by Gasteiger charge is -2.15. The lowest BCUT2D eigenvalue weighted by molar-refractivity contribution is -0.684. The molecule has 0 heterocycles. The molecule has 4 nitrogen and oxygen atoms in total. The molecule has 0 fully saturated rings. The van der Waals surface area contributed by atoms with E-state index >= 15 is 0 Å². The highest BCUT2D eigenvalue weighted by Crippen LogP contribution is 2.32. The fourth-order valence-corrected chi connectivity index (χ4v) is 3.53. The number of rotatable bonds is 8. The van der Waals surface area contributed by atoms with Gasteiger partial charge < -0.3 is 22.1 Å². The van der Waals surface area contributed by atoms with E-state index in [0.717, 1.165) is 39.3 Å². The quantitative estimate of drug-likeness (QED) is 0.290. The van der Waals surface area contributed by atoms with Crippen molar-refractivity contribution in [3.05, 3.63) is 59.7 Å². The first-order valence-corrected chi connectivity index (χ1v) is 8.99. The molecule has 3 aromatic carbocycles. The van der Waals surface area contributed by atoms with Crippen LogP contribution in [0, 0.1) is 0 Å². The van der Waals surface area contributed by atoms with Gasteiger partial charge in [0.05, 0.1) is 0 Å². The van der Waals surface area contributed by atoms with Crippen molar-refractivity contribution in [2.75, 3.05) is 26.2 Å². The van der Waals surface area contributed by atoms with Gasteiger partial charge in [-0.3, -0.25) is 0 Å². The predicted octanol–water partition coefficient (Wildman–Crippen LogP) is -1.40. The van der Waals surface area contributed by atoms with E-state index in [-0.39, 0.29) is 0 Å². The second kappa shape index (κ2) is 8.22. The summed E-state index contributed by atoms with van der Waals surface area (Å²) in [5.74, 6) is 0. The third kappa shape index (κ3) is 3.42. The Kier molecular flexibility index (Phi) is 5.77. The van der Waals surface area contributed by atoms with Crippen molar-refractivity contribution in [2.45, 2.75) is 13.1 Å². The molecule has 0 atom stereocenters. The molecule has 0 aliphatic rings. The van der Waals surface area contributed by atoms with E-state index in [4.69, 9.17) is 0 Å². The molecular formula is C20H30N4+4. The van der Waals surface area contributed by atoms with E-state index in [1.165, 1.54) is 32.7 Å².